The maximum absolute atomic E-state index is 12.1. The maximum Gasteiger partial charge on any atom is 0.315 e. The Morgan fingerprint density at radius 3 is 2.44 bits per heavy atom. The molecule has 2 aromatic carbocycles. The Kier molecular flexibility index (Phi) is 5.38. The molecule has 0 saturated heterocycles. The molecule has 0 aliphatic carbocycles. The normalized spacial score (nSPS) is 11.7. The van der Waals surface area contributed by atoms with Gasteiger partial charge in [-0.3, -0.25) is 4.57 Å². The molecule has 3 aromatic rings. The van der Waals surface area contributed by atoms with Gasteiger partial charge in [0.15, 0.2) is 5.82 Å². The Morgan fingerprint density at radius 1 is 1.08 bits per heavy atom. The van der Waals surface area contributed by atoms with E-state index in [4.69, 9.17) is 0 Å². The summed E-state index contributed by atoms with van der Waals surface area (Å²) in [5.74, 6) is 0.613. The first-order valence-electron chi connectivity index (χ1n) is 7.92. The summed E-state index contributed by atoms with van der Waals surface area (Å²) in [5.41, 5.74) is 1.76. The van der Waals surface area contributed by atoms with Crippen molar-refractivity contribution in [3.8, 4) is 5.69 Å². The molecule has 0 aliphatic rings. The third-order valence-electron chi connectivity index (χ3n) is 3.75. The summed E-state index contributed by atoms with van der Waals surface area (Å²) in [6.07, 6.45) is 1.60. The molecule has 2 amide bonds. The van der Waals surface area contributed by atoms with Crippen LogP contribution >= 0.6 is 0 Å². The molecule has 0 spiro atoms. The van der Waals surface area contributed by atoms with E-state index < -0.39 is 6.04 Å². The molecule has 1 atom stereocenters. The third kappa shape index (κ3) is 4.21. The number of aliphatic hydroxyl groups is 1. The molecule has 25 heavy (non-hydrogen) atoms. The summed E-state index contributed by atoms with van der Waals surface area (Å²) in [5, 5.41) is 22.9. The highest BCUT2D eigenvalue weighted by Crippen LogP contribution is 2.11. The van der Waals surface area contributed by atoms with Crippen molar-refractivity contribution >= 4 is 6.03 Å². The minimum Gasteiger partial charge on any atom is -0.394 e. The maximum atomic E-state index is 12.1. The largest absolute Gasteiger partial charge is 0.394 e. The van der Waals surface area contributed by atoms with Crippen LogP contribution in [0.4, 0.5) is 4.79 Å². The molecular formula is C18H19N5O2. The van der Waals surface area contributed by atoms with Gasteiger partial charge in [-0.15, -0.1) is 10.2 Å². The lowest BCUT2D eigenvalue weighted by atomic mass is 10.1. The number of nitrogens with zero attached hydrogens (tertiary/aromatic N) is 3. The fourth-order valence-corrected chi connectivity index (χ4v) is 2.47. The zero-order chi connectivity index (χ0) is 17.5. The zero-order valence-electron chi connectivity index (χ0n) is 13.5. The predicted octanol–water partition coefficient (Wildman–Crippen LogP) is 1.80. The van der Waals surface area contributed by atoms with E-state index in [0.29, 0.717) is 5.82 Å². The van der Waals surface area contributed by atoms with Crippen LogP contribution in [0.1, 0.15) is 17.4 Å². The van der Waals surface area contributed by atoms with Crippen LogP contribution in [0, 0.1) is 0 Å². The fourth-order valence-electron chi connectivity index (χ4n) is 2.47. The van der Waals surface area contributed by atoms with Crippen molar-refractivity contribution in [2.75, 3.05) is 6.61 Å². The highest BCUT2D eigenvalue weighted by molar-refractivity contribution is 5.74. The minimum absolute atomic E-state index is 0.183. The monoisotopic (exact) mass is 337 g/mol. The number of rotatable bonds is 6. The van der Waals surface area contributed by atoms with E-state index in [2.05, 4.69) is 20.8 Å². The average Bonchev–Trinajstić information content (AvgIpc) is 3.14. The van der Waals surface area contributed by atoms with Gasteiger partial charge in [0.05, 0.1) is 19.2 Å². The van der Waals surface area contributed by atoms with Gasteiger partial charge in [0.1, 0.15) is 6.33 Å². The van der Waals surface area contributed by atoms with E-state index in [9.17, 15) is 9.90 Å². The molecule has 3 N–H and O–H groups in total. The smallest absolute Gasteiger partial charge is 0.315 e. The van der Waals surface area contributed by atoms with Crippen molar-refractivity contribution in [2.24, 2.45) is 0 Å². The molecular weight excluding hydrogens is 318 g/mol. The molecule has 128 valence electrons. The Balaban J connectivity index is 1.61. The number of nitrogens with one attached hydrogen (secondary N) is 2. The molecule has 0 aliphatic heterocycles. The first-order chi connectivity index (χ1) is 12.3. The Morgan fingerprint density at radius 2 is 1.76 bits per heavy atom. The van der Waals surface area contributed by atoms with Crippen molar-refractivity contribution in [1.29, 1.82) is 0 Å². The highest BCUT2D eigenvalue weighted by Gasteiger charge is 2.14. The standard InChI is InChI=1S/C18H19N5O2/c24-12-16(14-7-3-1-4-8-14)21-18(25)19-11-17-22-20-13-23(17)15-9-5-2-6-10-15/h1-10,13,16,24H,11-12H2,(H2,19,21,25). The van der Waals surface area contributed by atoms with Crippen molar-refractivity contribution in [1.82, 2.24) is 25.4 Å². The number of hydrogen-bond acceptors (Lipinski definition) is 4. The second-order valence-corrected chi connectivity index (χ2v) is 5.43. The van der Waals surface area contributed by atoms with Crippen molar-refractivity contribution in [3.63, 3.8) is 0 Å². The van der Waals surface area contributed by atoms with Crippen LogP contribution < -0.4 is 10.6 Å². The first kappa shape index (κ1) is 16.7. The minimum atomic E-state index is -0.465. The van der Waals surface area contributed by atoms with E-state index in [1.807, 2.05) is 60.7 Å². The van der Waals surface area contributed by atoms with E-state index in [-0.39, 0.29) is 19.2 Å². The third-order valence-corrected chi connectivity index (χ3v) is 3.75. The summed E-state index contributed by atoms with van der Waals surface area (Å²) in [6, 6.07) is 18.1. The van der Waals surface area contributed by atoms with Crippen LogP contribution in [0.3, 0.4) is 0 Å². The number of para-hydroxylation sites is 1. The number of carbonyl (C=O) groups excluding carboxylic acids is 1. The summed E-state index contributed by atoms with van der Waals surface area (Å²) >= 11 is 0. The Bertz CT molecular complexity index is 805. The first-order valence-corrected chi connectivity index (χ1v) is 7.92. The van der Waals surface area contributed by atoms with Gasteiger partial charge >= 0.3 is 6.03 Å². The summed E-state index contributed by atoms with van der Waals surface area (Å²) in [4.78, 5) is 12.1. The molecule has 7 nitrogen and oxygen atoms in total. The Labute approximate surface area is 145 Å². The number of amides is 2. The summed E-state index contributed by atoms with van der Waals surface area (Å²) < 4.78 is 1.81. The van der Waals surface area contributed by atoms with E-state index in [0.717, 1.165) is 11.3 Å². The Hall–Kier alpha value is -3.19. The number of aromatic nitrogens is 3. The highest BCUT2D eigenvalue weighted by atomic mass is 16.3. The lowest BCUT2D eigenvalue weighted by Gasteiger charge is -2.17. The lowest BCUT2D eigenvalue weighted by Crippen LogP contribution is -2.39. The molecule has 0 radical (unpaired) electrons. The van der Waals surface area contributed by atoms with Gasteiger partial charge in [-0.05, 0) is 17.7 Å². The van der Waals surface area contributed by atoms with Crippen LogP contribution in [0.15, 0.2) is 67.0 Å². The van der Waals surface area contributed by atoms with Gasteiger partial charge in [0.2, 0.25) is 0 Å². The second kappa shape index (κ2) is 8.07. The molecule has 7 heteroatoms. The van der Waals surface area contributed by atoms with Gasteiger partial charge in [-0.25, -0.2) is 4.79 Å². The second-order valence-electron chi connectivity index (χ2n) is 5.43. The predicted molar refractivity (Wildman–Crippen MR) is 93.0 cm³/mol. The van der Waals surface area contributed by atoms with Gasteiger partial charge in [0, 0.05) is 5.69 Å². The number of carbonyl (C=O) groups is 1. The van der Waals surface area contributed by atoms with Crippen molar-refractivity contribution in [2.45, 2.75) is 12.6 Å². The van der Waals surface area contributed by atoms with E-state index in [1.54, 1.807) is 10.9 Å². The number of hydrogen-bond donors (Lipinski definition) is 3. The van der Waals surface area contributed by atoms with Crippen LogP contribution in [0.25, 0.3) is 5.69 Å². The quantitative estimate of drug-likeness (QED) is 0.639. The van der Waals surface area contributed by atoms with Crippen molar-refractivity contribution in [3.05, 3.63) is 78.4 Å². The number of aliphatic hydroxyl groups excluding tert-OH is 1. The molecule has 1 heterocycles. The van der Waals surface area contributed by atoms with Gasteiger partial charge < -0.3 is 15.7 Å². The average molecular weight is 337 g/mol. The topological polar surface area (TPSA) is 92.1 Å². The molecule has 1 aromatic heterocycles. The summed E-state index contributed by atoms with van der Waals surface area (Å²) in [6.45, 7) is 0.0330. The van der Waals surface area contributed by atoms with Crippen LogP contribution in [-0.4, -0.2) is 32.5 Å². The van der Waals surface area contributed by atoms with Gasteiger partial charge in [-0.1, -0.05) is 48.5 Å². The van der Waals surface area contributed by atoms with E-state index in [1.165, 1.54) is 0 Å². The van der Waals surface area contributed by atoms with Crippen LogP contribution in [0.2, 0.25) is 0 Å². The van der Waals surface area contributed by atoms with E-state index >= 15 is 0 Å². The van der Waals surface area contributed by atoms with Gasteiger partial charge in [-0.2, -0.15) is 0 Å². The zero-order valence-corrected chi connectivity index (χ0v) is 13.5. The van der Waals surface area contributed by atoms with Crippen LogP contribution in [-0.2, 0) is 6.54 Å². The molecule has 0 fully saturated rings. The number of benzene rings is 2. The molecule has 3 rings (SSSR count). The van der Waals surface area contributed by atoms with Crippen LogP contribution in [0.5, 0.6) is 0 Å². The van der Waals surface area contributed by atoms with Gasteiger partial charge in [0.25, 0.3) is 0 Å². The molecule has 0 saturated carbocycles. The number of urea groups is 1. The molecule has 1 unspecified atom stereocenters. The SMILES string of the molecule is O=C(NCc1nncn1-c1ccccc1)NC(CO)c1ccccc1. The molecule has 0 bridgehead atoms. The fraction of sp³-hybridized carbons (Fsp3) is 0.167. The summed E-state index contributed by atoms with van der Waals surface area (Å²) in [7, 11) is 0. The lowest BCUT2D eigenvalue weighted by molar-refractivity contribution is 0.216. The van der Waals surface area contributed by atoms with Crippen molar-refractivity contribution < 1.29 is 9.90 Å².